The molecule has 1 fully saturated rings. The predicted molar refractivity (Wildman–Crippen MR) is 103 cm³/mol. The van der Waals surface area contributed by atoms with Gasteiger partial charge in [-0.3, -0.25) is 4.99 Å². The Hall–Kier alpha value is -2.41. The van der Waals surface area contributed by atoms with Crippen LogP contribution in [0.1, 0.15) is 32.1 Å². The van der Waals surface area contributed by atoms with Gasteiger partial charge in [0.2, 0.25) is 0 Å². The maximum Gasteiger partial charge on any atom is 0.196 e. The highest BCUT2D eigenvalue weighted by molar-refractivity contribution is 5.93. The zero-order chi connectivity index (χ0) is 18.2. The van der Waals surface area contributed by atoms with E-state index in [4.69, 9.17) is 5.73 Å². The fourth-order valence-electron chi connectivity index (χ4n) is 3.20. The van der Waals surface area contributed by atoms with Crippen molar-refractivity contribution in [3.8, 4) is 0 Å². The Labute approximate surface area is 153 Å². The van der Waals surface area contributed by atoms with Crippen molar-refractivity contribution in [2.45, 2.75) is 50.7 Å². The number of aromatic nitrogens is 2. The summed E-state index contributed by atoms with van der Waals surface area (Å²) >= 11 is 0. The SMILES string of the molecule is N[C@H]1CCCC[C@@H]1NC(=NCCCn1ccnc1)Nc1cccc(F)c1. The molecule has 1 aromatic carbocycles. The highest BCUT2D eigenvalue weighted by atomic mass is 19.1. The summed E-state index contributed by atoms with van der Waals surface area (Å²) < 4.78 is 15.5. The van der Waals surface area contributed by atoms with Gasteiger partial charge >= 0.3 is 0 Å². The second kappa shape index (κ2) is 9.33. The quantitative estimate of drug-likeness (QED) is 0.421. The minimum absolute atomic E-state index is 0.120. The van der Waals surface area contributed by atoms with E-state index in [1.54, 1.807) is 18.6 Å². The summed E-state index contributed by atoms with van der Waals surface area (Å²) in [5.74, 6) is 0.382. The average molecular weight is 358 g/mol. The molecule has 2 aromatic rings. The molecule has 1 aliphatic carbocycles. The fourth-order valence-corrected chi connectivity index (χ4v) is 3.20. The van der Waals surface area contributed by atoms with Crippen LogP contribution in [0, 0.1) is 5.82 Å². The minimum Gasteiger partial charge on any atom is -0.352 e. The lowest BCUT2D eigenvalue weighted by Gasteiger charge is -2.30. The maximum absolute atomic E-state index is 13.5. The molecule has 0 radical (unpaired) electrons. The molecule has 1 aliphatic rings. The number of aliphatic imine (C=N–C) groups is 1. The van der Waals surface area contributed by atoms with Crippen molar-refractivity contribution in [1.29, 1.82) is 0 Å². The first-order chi connectivity index (χ1) is 12.7. The predicted octanol–water partition coefficient (Wildman–Crippen LogP) is 2.74. The van der Waals surface area contributed by atoms with Crippen molar-refractivity contribution in [3.05, 3.63) is 48.8 Å². The van der Waals surface area contributed by atoms with Crippen molar-refractivity contribution in [3.63, 3.8) is 0 Å². The monoisotopic (exact) mass is 358 g/mol. The third-order valence-electron chi connectivity index (χ3n) is 4.63. The number of nitrogens with one attached hydrogen (secondary N) is 2. The summed E-state index contributed by atoms with van der Waals surface area (Å²) in [6.07, 6.45) is 10.8. The number of anilines is 1. The maximum atomic E-state index is 13.5. The molecule has 0 aliphatic heterocycles. The standard InChI is InChI=1S/C19H27FN6/c20-15-5-3-6-16(13-15)24-19(25-18-8-2-1-7-17(18)21)23-9-4-11-26-12-10-22-14-26/h3,5-6,10,12-14,17-18H,1-2,4,7-9,11,21H2,(H2,23,24,25)/t17-,18-/m0/s1. The van der Waals surface area contributed by atoms with Gasteiger partial charge in [-0.05, 0) is 37.5 Å². The number of rotatable bonds is 6. The van der Waals surface area contributed by atoms with E-state index in [1.807, 2.05) is 16.8 Å². The van der Waals surface area contributed by atoms with Crippen LogP contribution >= 0.6 is 0 Å². The average Bonchev–Trinajstić information content (AvgIpc) is 3.14. The van der Waals surface area contributed by atoms with Crippen LogP contribution in [0.5, 0.6) is 0 Å². The number of hydrogen-bond donors (Lipinski definition) is 3. The molecule has 1 heterocycles. The molecule has 6 nitrogen and oxygen atoms in total. The molecule has 0 bridgehead atoms. The van der Waals surface area contributed by atoms with E-state index < -0.39 is 0 Å². The molecule has 140 valence electrons. The summed E-state index contributed by atoms with van der Waals surface area (Å²) in [7, 11) is 0. The molecule has 0 amide bonds. The van der Waals surface area contributed by atoms with Gasteiger partial charge in [-0.15, -0.1) is 0 Å². The van der Waals surface area contributed by atoms with Gasteiger partial charge in [-0.25, -0.2) is 9.37 Å². The third-order valence-corrected chi connectivity index (χ3v) is 4.63. The molecule has 26 heavy (non-hydrogen) atoms. The van der Waals surface area contributed by atoms with Gasteiger partial charge in [-0.1, -0.05) is 18.9 Å². The van der Waals surface area contributed by atoms with Crippen molar-refractivity contribution >= 4 is 11.6 Å². The van der Waals surface area contributed by atoms with Crippen molar-refractivity contribution in [2.75, 3.05) is 11.9 Å². The van der Waals surface area contributed by atoms with Gasteiger partial charge in [0.1, 0.15) is 5.82 Å². The molecular weight excluding hydrogens is 331 g/mol. The van der Waals surface area contributed by atoms with Gasteiger partial charge in [0.05, 0.1) is 6.33 Å². The lowest BCUT2D eigenvalue weighted by atomic mass is 9.91. The van der Waals surface area contributed by atoms with E-state index in [0.717, 1.165) is 25.8 Å². The van der Waals surface area contributed by atoms with Gasteiger partial charge < -0.3 is 20.9 Å². The molecule has 1 saturated carbocycles. The summed E-state index contributed by atoms with van der Waals surface area (Å²) in [5.41, 5.74) is 6.92. The van der Waals surface area contributed by atoms with Crippen LogP contribution in [0.2, 0.25) is 0 Å². The van der Waals surface area contributed by atoms with Crippen LogP contribution in [0.15, 0.2) is 48.0 Å². The van der Waals surface area contributed by atoms with Crippen LogP contribution in [0.4, 0.5) is 10.1 Å². The Morgan fingerprint density at radius 1 is 1.35 bits per heavy atom. The zero-order valence-electron chi connectivity index (χ0n) is 14.9. The summed E-state index contributed by atoms with van der Waals surface area (Å²) in [4.78, 5) is 8.70. The van der Waals surface area contributed by atoms with E-state index in [0.29, 0.717) is 18.2 Å². The summed E-state index contributed by atoms with van der Waals surface area (Å²) in [6.45, 7) is 1.52. The number of hydrogen-bond acceptors (Lipinski definition) is 3. The number of halogens is 1. The molecule has 0 unspecified atom stereocenters. The topological polar surface area (TPSA) is 80.3 Å². The number of aryl methyl sites for hydroxylation is 1. The molecule has 0 spiro atoms. The Bertz CT molecular complexity index is 700. The van der Waals surface area contributed by atoms with Crippen LogP contribution in [0.25, 0.3) is 0 Å². The highest BCUT2D eigenvalue weighted by Gasteiger charge is 2.22. The first kappa shape index (κ1) is 18.4. The lowest BCUT2D eigenvalue weighted by Crippen LogP contribution is -2.51. The van der Waals surface area contributed by atoms with E-state index in [1.165, 1.54) is 25.0 Å². The largest absolute Gasteiger partial charge is 0.352 e. The smallest absolute Gasteiger partial charge is 0.196 e. The molecule has 4 N–H and O–H groups in total. The van der Waals surface area contributed by atoms with Crippen molar-refractivity contribution in [1.82, 2.24) is 14.9 Å². The number of benzene rings is 1. The Kier molecular flexibility index (Phi) is 6.60. The third kappa shape index (κ3) is 5.56. The van der Waals surface area contributed by atoms with Crippen molar-refractivity contribution < 1.29 is 4.39 Å². The summed E-state index contributed by atoms with van der Waals surface area (Å²) in [5, 5.41) is 6.65. The number of nitrogens with two attached hydrogens (primary N) is 1. The van der Waals surface area contributed by atoms with E-state index in [9.17, 15) is 4.39 Å². The Morgan fingerprint density at radius 3 is 3.00 bits per heavy atom. The fraction of sp³-hybridized carbons (Fsp3) is 0.474. The van der Waals surface area contributed by atoms with E-state index in [-0.39, 0.29) is 17.9 Å². The second-order valence-corrected chi connectivity index (χ2v) is 6.72. The number of imidazole rings is 1. The minimum atomic E-state index is -0.274. The zero-order valence-corrected chi connectivity index (χ0v) is 14.9. The lowest BCUT2D eigenvalue weighted by molar-refractivity contribution is 0.360. The Balaban J connectivity index is 1.62. The molecule has 7 heteroatoms. The van der Waals surface area contributed by atoms with Gasteiger partial charge in [0.15, 0.2) is 5.96 Å². The molecular formula is C19H27FN6. The normalized spacial score (nSPS) is 20.8. The van der Waals surface area contributed by atoms with Gasteiger partial charge in [0, 0.05) is 43.3 Å². The first-order valence-corrected chi connectivity index (χ1v) is 9.25. The number of nitrogens with zero attached hydrogens (tertiary/aromatic N) is 3. The van der Waals surface area contributed by atoms with Crippen LogP contribution in [-0.2, 0) is 6.54 Å². The van der Waals surface area contributed by atoms with Gasteiger partial charge in [-0.2, -0.15) is 0 Å². The van der Waals surface area contributed by atoms with Crippen molar-refractivity contribution in [2.24, 2.45) is 10.7 Å². The highest BCUT2D eigenvalue weighted by Crippen LogP contribution is 2.17. The Morgan fingerprint density at radius 2 is 2.23 bits per heavy atom. The molecule has 3 rings (SSSR count). The van der Waals surface area contributed by atoms with Gasteiger partial charge in [0.25, 0.3) is 0 Å². The van der Waals surface area contributed by atoms with Crippen LogP contribution in [-0.4, -0.2) is 34.1 Å². The molecule has 1 aromatic heterocycles. The van der Waals surface area contributed by atoms with Crippen LogP contribution in [0.3, 0.4) is 0 Å². The molecule has 0 saturated heterocycles. The van der Waals surface area contributed by atoms with E-state index in [2.05, 4.69) is 20.6 Å². The van der Waals surface area contributed by atoms with E-state index >= 15 is 0 Å². The van der Waals surface area contributed by atoms with Crippen LogP contribution < -0.4 is 16.4 Å². The number of guanidine groups is 1. The first-order valence-electron chi connectivity index (χ1n) is 9.25. The summed E-state index contributed by atoms with van der Waals surface area (Å²) in [6, 6.07) is 6.71. The second-order valence-electron chi connectivity index (χ2n) is 6.72. The molecule has 2 atom stereocenters.